The van der Waals surface area contributed by atoms with Crippen LogP contribution < -0.4 is 4.74 Å². The molecule has 0 saturated carbocycles. The fraction of sp³-hybridized carbons (Fsp3) is 0.571. The molecule has 0 fully saturated rings. The Balaban J connectivity index is 2.58. The third-order valence-electron chi connectivity index (χ3n) is 2.99. The van der Waals surface area contributed by atoms with Crippen molar-refractivity contribution in [2.24, 2.45) is 5.92 Å². The van der Waals surface area contributed by atoms with E-state index in [2.05, 4.69) is 19.9 Å². The number of halogens is 1. The fourth-order valence-corrected chi connectivity index (χ4v) is 2.27. The van der Waals surface area contributed by atoms with Gasteiger partial charge in [0.25, 0.3) is 0 Å². The first kappa shape index (κ1) is 13.4. The summed E-state index contributed by atoms with van der Waals surface area (Å²) in [7, 11) is 1.71. The molecule has 90 valence electrons. The summed E-state index contributed by atoms with van der Waals surface area (Å²) < 4.78 is 5.32. The molecule has 0 amide bonds. The summed E-state index contributed by atoms with van der Waals surface area (Å²) in [6.07, 6.45) is 3.14. The average molecular weight is 241 g/mol. The monoisotopic (exact) mass is 240 g/mol. The van der Waals surface area contributed by atoms with Crippen LogP contribution in [0.5, 0.6) is 5.75 Å². The molecule has 16 heavy (non-hydrogen) atoms. The molecule has 0 aliphatic rings. The minimum atomic E-state index is 0.200. The van der Waals surface area contributed by atoms with Crippen molar-refractivity contribution in [3.63, 3.8) is 0 Å². The third-order valence-corrected chi connectivity index (χ3v) is 3.32. The highest BCUT2D eigenvalue weighted by Crippen LogP contribution is 2.24. The van der Waals surface area contributed by atoms with E-state index in [1.54, 1.807) is 7.11 Å². The molecule has 1 aromatic carbocycles. The van der Waals surface area contributed by atoms with Gasteiger partial charge in [0, 0.05) is 5.38 Å². The molecule has 0 N–H and O–H groups in total. The summed E-state index contributed by atoms with van der Waals surface area (Å²) >= 11 is 6.36. The van der Waals surface area contributed by atoms with Crippen LogP contribution in [0.3, 0.4) is 0 Å². The van der Waals surface area contributed by atoms with E-state index in [-0.39, 0.29) is 5.38 Å². The molecule has 0 heterocycles. The summed E-state index contributed by atoms with van der Waals surface area (Å²) in [4.78, 5) is 0. The van der Waals surface area contributed by atoms with Gasteiger partial charge in [-0.15, -0.1) is 11.6 Å². The molecular formula is C14H21ClO. The summed E-state index contributed by atoms with van der Waals surface area (Å²) in [6, 6.07) is 8.10. The summed E-state index contributed by atoms with van der Waals surface area (Å²) in [5.41, 5.74) is 1.20. The maximum absolute atomic E-state index is 6.36. The summed E-state index contributed by atoms with van der Waals surface area (Å²) in [6.45, 7) is 4.45. The van der Waals surface area contributed by atoms with Crippen LogP contribution in [0.25, 0.3) is 0 Å². The molecule has 0 aliphatic heterocycles. The zero-order chi connectivity index (χ0) is 12.0. The van der Waals surface area contributed by atoms with E-state index in [9.17, 15) is 0 Å². The van der Waals surface area contributed by atoms with E-state index in [0.29, 0.717) is 5.92 Å². The van der Waals surface area contributed by atoms with E-state index in [1.807, 2.05) is 18.2 Å². The van der Waals surface area contributed by atoms with Crippen molar-refractivity contribution >= 4 is 11.6 Å². The Hall–Kier alpha value is -0.690. The topological polar surface area (TPSA) is 9.23 Å². The standard InChI is InChI=1S/C14H21ClO/c1-4-11(2)9-13(15)10-12-7-5-6-8-14(12)16-3/h5-8,11,13H,4,9-10H2,1-3H3. The van der Waals surface area contributed by atoms with Crippen molar-refractivity contribution in [3.8, 4) is 5.75 Å². The Kier molecular flexibility index (Phi) is 5.68. The predicted molar refractivity (Wildman–Crippen MR) is 70.4 cm³/mol. The quantitative estimate of drug-likeness (QED) is 0.675. The molecule has 0 saturated heterocycles. The minimum absolute atomic E-state index is 0.200. The first-order chi connectivity index (χ1) is 7.67. The van der Waals surface area contributed by atoms with Gasteiger partial charge in [0.1, 0.15) is 5.75 Å². The van der Waals surface area contributed by atoms with Crippen molar-refractivity contribution in [3.05, 3.63) is 29.8 Å². The van der Waals surface area contributed by atoms with Crippen molar-refractivity contribution in [1.29, 1.82) is 0 Å². The van der Waals surface area contributed by atoms with E-state index in [4.69, 9.17) is 16.3 Å². The van der Waals surface area contributed by atoms with E-state index >= 15 is 0 Å². The van der Waals surface area contributed by atoms with Crippen LogP contribution in [0.4, 0.5) is 0 Å². The van der Waals surface area contributed by atoms with Crippen LogP contribution in [-0.4, -0.2) is 12.5 Å². The second-order valence-corrected chi connectivity index (χ2v) is 4.98. The predicted octanol–water partition coefficient (Wildman–Crippen LogP) is 4.28. The van der Waals surface area contributed by atoms with Gasteiger partial charge in [0.05, 0.1) is 7.11 Å². The third kappa shape index (κ3) is 4.05. The molecule has 0 aromatic heterocycles. The smallest absolute Gasteiger partial charge is 0.122 e. The molecule has 2 heteroatoms. The number of hydrogen-bond donors (Lipinski definition) is 0. The first-order valence-electron chi connectivity index (χ1n) is 5.93. The molecule has 0 radical (unpaired) electrons. The number of hydrogen-bond acceptors (Lipinski definition) is 1. The Bertz CT molecular complexity index is 311. The summed E-state index contributed by atoms with van der Waals surface area (Å²) in [5, 5.41) is 0.200. The van der Waals surface area contributed by atoms with Crippen molar-refractivity contribution in [2.45, 2.75) is 38.5 Å². The highest BCUT2D eigenvalue weighted by Gasteiger charge is 2.12. The van der Waals surface area contributed by atoms with Gasteiger partial charge in [-0.05, 0) is 30.4 Å². The van der Waals surface area contributed by atoms with Gasteiger partial charge < -0.3 is 4.74 Å². The zero-order valence-corrected chi connectivity index (χ0v) is 11.1. The number of benzene rings is 1. The fourth-order valence-electron chi connectivity index (χ4n) is 1.80. The molecule has 2 unspecified atom stereocenters. The van der Waals surface area contributed by atoms with Crippen LogP contribution in [-0.2, 0) is 6.42 Å². The van der Waals surface area contributed by atoms with E-state index < -0.39 is 0 Å². The maximum atomic E-state index is 6.36. The molecule has 0 spiro atoms. The Morgan fingerprint density at radius 3 is 2.62 bits per heavy atom. The summed E-state index contributed by atoms with van der Waals surface area (Å²) in [5.74, 6) is 1.63. The van der Waals surface area contributed by atoms with Crippen LogP contribution >= 0.6 is 11.6 Å². The second-order valence-electron chi connectivity index (χ2n) is 4.36. The van der Waals surface area contributed by atoms with Gasteiger partial charge in [0.15, 0.2) is 0 Å². The second kappa shape index (κ2) is 6.80. The number of methoxy groups -OCH3 is 1. The molecule has 1 nitrogen and oxygen atoms in total. The molecule has 0 aliphatic carbocycles. The van der Waals surface area contributed by atoms with Gasteiger partial charge in [0.2, 0.25) is 0 Å². The van der Waals surface area contributed by atoms with Gasteiger partial charge in [-0.1, -0.05) is 38.5 Å². The lowest BCUT2D eigenvalue weighted by molar-refractivity contribution is 0.407. The lowest BCUT2D eigenvalue weighted by Crippen LogP contribution is -2.09. The van der Waals surface area contributed by atoms with E-state index in [1.165, 1.54) is 12.0 Å². The zero-order valence-electron chi connectivity index (χ0n) is 10.4. The van der Waals surface area contributed by atoms with Gasteiger partial charge >= 0.3 is 0 Å². The number of para-hydroxylation sites is 1. The number of ether oxygens (including phenoxy) is 1. The average Bonchev–Trinajstić information content (AvgIpc) is 2.29. The first-order valence-corrected chi connectivity index (χ1v) is 6.37. The highest BCUT2D eigenvalue weighted by atomic mass is 35.5. The van der Waals surface area contributed by atoms with Crippen molar-refractivity contribution < 1.29 is 4.74 Å². The number of rotatable bonds is 6. The lowest BCUT2D eigenvalue weighted by atomic mass is 9.98. The minimum Gasteiger partial charge on any atom is -0.496 e. The molecule has 1 aromatic rings. The molecule has 0 bridgehead atoms. The maximum Gasteiger partial charge on any atom is 0.122 e. The van der Waals surface area contributed by atoms with E-state index in [0.717, 1.165) is 18.6 Å². The largest absolute Gasteiger partial charge is 0.496 e. The van der Waals surface area contributed by atoms with Crippen LogP contribution in [0, 0.1) is 5.92 Å². The van der Waals surface area contributed by atoms with Crippen molar-refractivity contribution in [2.75, 3.05) is 7.11 Å². The van der Waals surface area contributed by atoms with Crippen molar-refractivity contribution in [1.82, 2.24) is 0 Å². The Labute approximate surface area is 104 Å². The van der Waals surface area contributed by atoms with Crippen LogP contribution in [0.15, 0.2) is 24.3 Å². The SMILES string of the molecule is CCC(C)CC(Cl)Cc1ccccc1OC. The molecular weight excluding hydrogens is 220 g/mol. The number of alkyl halides is 1. The Morgan fingerprint density at radius 1 is 1.31 bits per heavy atom. The lowest BCUT2D eigenvalue weighted by Gasteiger charge is -2.15. The molecule has 1 rings (SSSR count). The van der Waals surface area contributed by atoms with Gasteiger partial charge in [-0.3, -0.25) is 0 Å². The molecule has 2 atom stereocenters. The Morgan fingerprint density at radius 2 is 2.00 bits per heavy atom. The highest BCUT2D eigenvalue weighted by molar-refractivity contribution is 6.20. The van der Waals surface area contributed by atoms with Crippen LogP contribution in [0.2, 0.25) is 0 Å². The van der Waals surface area contributed by atoms with Gasteiger partial charge in [-0.25, -0.2) is 0 Å². The normalized spacial score (nSPS) is 14.5. The van der Waals surface area contributed by atoms with Crippen LogP contribution in [0.1, 0.15) is 32.3 Å². The van der Waals surface area contributed by atoms with Gasteiger partial charge in [-0.2, -0.15) is 0 Å².